The van der Waals surface area contributed by atoms with Crippen LogP contribution in [0.25, 0.3) is 22.2 Å². The van der Waals surface area contributed by atoms with Crippen LogP contribution in [0.3, 0.4) is 0 Å². The van der Waals surface area contributed by atoms with E-state index in [1.54, 1.807) is 6.33 Å². The molecule has 7 nitrogen and oxygen atoms in total. The quantitative estimate of drug-likeness (QED) is 0.380. The molecule has 1 saturated carbocycles. The fraction of sp³-hybridized carbons (Fsp3) is 0.419. The van der Waals surface area contributed by atoms with Crippen molar-refractivity contribution in [1.29, 1.82) is 0 Å². The van der Waals surface area contributed by atoms with Gasteiger partial charge in [0.05, 0.1) is 5.39 Å². The molecule has 2 N–H and O–H groups in total. The van der Waals surface area contributed by atoms with Crippen LogP contribution in [0.4, 0.5) is 5.82 Å². The van der Waals surface area contributed by atoms with Gasteiger partial charge in [0.1, 0.15) is 30.1 Å². The van der Waals surface area contributed by atoms with E-state index < -0.39 is 0 Å². The van der Waals surface area contributed by atoms with Gasteiger partial charge in [-0.15, -0.1) is 0 Å². The minimum atomic E-state index is 0.418. The number of aromatic nitrogens is 3. The van der Waals surface area contributed by atoms with Crippen LogP contribution in [0.1, 0.15) is 43.0 Å². The predicted octanol–water partition coefficient (Wildman–Crippen LogP) is 5.30. The van der Waals surface area contributed by atoms with Crippen molar-refractivity contribution in [3.63, 3.8) is 0 Å². The van der Waals surface area contributed by atoms with Crippen LogP contribution in [-0.4, -0.2) is 63.6 Å². The second-order valence-corrected chi connectivity index (χ2v) is 10.9. The van der Waals surface area contributed by atoms with Crippen LogP contribution < -0.4 is 10.5 Å². The molecule has 1 aliphatic carbocycles. The van der Waals surface area contributed by atoms with Gasteiger partial charge >= 0.3 is 0 Å². The molecule has 2 aliphatic rings. The zero-order valence-corrected chi connectivity index (χ0v) is 22.5. The predicted molar refractivity (Wildman–Crippen MR) is 153 cm³/mol. The number of likely N-dealkylation sites (N-methyl/N-ethyl adjacent to an activating group) is 1. The molecule has 0 spiro atoms. The van der Waals surface area contributed by atoms with E-state index in [0.717, 1.165) is 46.3 Å². The number of piperazine rings is 1. The van der Waals surface area contributed by atoms with E-state index in [9.17, 15) is 0 Å². The molecule has 3 heterocycles. The van der Waals surface area contributed by atoms with Crippen LogP contribution in [0.5, 0.6) is 5.75 Å². The van der Waals surface area contributed by atoms with Crippen LogP contribution in [0.2, 0.25) is 0 Å². The first-order valence-electron chi connectivity index (χ1n) is 13.9. The van der Waals surface area contributed by atoms with Crippen molar-refractivity contribution in [2.45, 2.75) is 51.3 Å². The largest absolute Gasteiger partial charge is 0.489 e. The summed E-state index contributed by atoms with van der Waals surface area (Å²) < 4.78 is 8.60. The Hall–Kier alpha value is -3.42. The number of ether oxygens (including phenoxy) is 1. The second kappa shape index (κ2) is 10.8. The zero-order valence-electron chi connectivity index (χ0n) is 22.5. The van der Waals surface area contributed by atoms with Crippen molar-refractivity contribution in [2.24, 2.45) is 0 Å². The molecule has 0 bridgehead atoms. The summed E-state index contributed by atoms with van der Waals surface area (Å²) in [7, 11) is 2.23. The third-order valence-corrected chi connectivity index (χ3v) is 8.51. The number of anilines is 1. The molecule has 0 unspecified atom stereocenters. The highest BCUT2D eigenvalue weighted by atomic mass is 16.5. The molecule has 0 atom stereocenters. The Morgan fingerprint density at radius 1 is 0.895 bits per heavy atom. The van der Waals surface area contributed by atoms with Gasteiger partial charge < -0.3 is 19.9 Å². The second-order valence-electron chi connectivity index (χ2n) is 10.9. The smallest absolute Gasteiger partial charge is 0.146 e. The summed E-state index contributed by atoms with van der Waals surface area (Å²) >= 11 is 0. The first-order valence-corrected chi connectivity index (χ1v) is 13.9. The van der Waals surface area contributed by atoms with Crippen molar-refractivity contribution in [3.05, 3.63) is 72.2 Å². The molecule has 7 heteroatoms. The van der Waals surface area contributed by atoms with E-state index in [0.29, 0.717) is 24.5 Å². The maximum Gasteiger partial charge on any atom is 0.146 e. The van der Waals surface area contributed by atoms with Gasteiger partial charge in [-0.05, 0) is 62.9 Å². The number of nitrogens with two attached hydrogens (primary N) is 1. The molecule has 2 aromatic carbocycles. The van der Waals surface area contributed by atoms with Crippen LogP contribution in [0.15, 0.2) is 60.9 Å². The van der Waals surface area contributed by atoms with Crippen molar-refractivity contribution in [1.82, 2.24) is 24.3 Å². The third-order valence-electron chi connectivity index (χ3n) is 8.51. The molecule has 1 aliphatic heterocycles. The standard InChI is InChI=1S/C31H38N6O/c1-22-28(24-9-6-10-27(19-24)38-20-23-7-4-3-5-8-23)29-30(32)33-21-34-31(29)37(22)26-13-11-25(12-14-26)36-17-15-35(2)16-18-36/h3-10,19,21,25-26H,11-18,20H2,1-2H3,(H2,32,33,34)/t25-,26-. The highest BCUT2D eigenvalue weighted by Crippen LogP contribution is 2.42. The Morgan fingerprint density at radius 3 is 2.39 bits per heavy atom. The SMILES string of the molecule is Cc1c(-c2cccc(OCc3ccccc3)c2)c2c(N)ncnc2n1[C@H]1CC[C@H](N2CCN(C)CC2)CC1. The van der Waals surface area contributed by atoms with Gasteiger partial charge in [-0.2, -0.15) is 0 Å². The molecule has 1 saturated heterocycles. The first-order chi connectivity index (χ1) is 18.6. The lowest BCUT2D eigenvalue weighted by Gasteiger charge is -2.41. The summed E-state index contributed by atoms with van der Waals surface area (Å²) in [5.74, 6) is 1.38. The Kier molecular flexibility index (Phi) is 7.04. The minimum absolute atomic E-state index is 0.418. The van der Waals surface area contributed by atoms with Gasteiger partial charge in [-0.1, -0.05) is 42.5 Å². The number of hydrogen-bond donors (Lipinski definition) is 1. The van der Waals surface area contributed by atoms with E-state index in [1.807, 2.05) is 24.3 Å². The normalized spacial score (nSPS) is 21.1. The first kappa shape index (κ1) is 24.9. The van der Waals surface area contributed by atoms with E-state index in [1.165, 1.54) is 44.7 Å². The lowest BCUT2D eigenvalue weighted by molar-refractivity contribution is 0.0826. The maximum absolute atomic E-state index is 6.50. The van der Waals surface area contributed by atoms with Gasteiger partial charge in [0.2, 0.25) is 0 Å². The topological polar surface area (TPSA) is 72.4 Å². The number of nitrogens with zero attached hydrogens (tertiary/aromatic N) is 5. The fourth-order valence-electron chi connectivity index (χ4n) is 6.42. The minimum Gasteiger partial charge on any atom is -0.489 e. The third kappa shape index (κ3) is 4.88. The number of nitrogen functional groups attached to an aromatic ring is 1. The highest BCUT2D eigenvalue weighted by molar-refractivity contribution is 6.02. The van der Waals surface area contributed by atoms with Gasteiger partial charge in [0.25, 0.3) is 0 Å². The number of rotatable bonds is 6. The lowest BCUT2D eigenvalue weighted by Crippen LogP contribution is -2.49. The molecule has 0 amide bonds. The molecule has 2 aromatic heterocycles. The summed E-state index contributed by atoms with van der Waals surface area (Å²) in [6, 6.07) is 19.7. The van der Waals surface area contributed by atoms with Gasteiger partial charge in [-0.25, -0.2) is 9.97 Å². The van der Waals surface area contributed by atoms with E-state index in [-0.39, 0.29) is 0 Å². The summed E-state index contributed by atoms with van der Waals surface area (Å²) in [6.45, 7) is 7.47. The van der Waals surface area contributed by atoms with Crippen molar-refractivity contribution < 1.29 is 4.74 Å². The zero-order chi connectivity index (χ0) is 26.1. The summed E-state index contributed by atoms with van der Waals surface area (Å²) in [5, 5.41) is 0.950. The Balaban J connectivity index is 1.28. The van der Waals surface area contributed by atoms with Crippen LogP contribution in [0, 0.1) is 6.92 Å². The summed E-state index contributed by atoms with van der Waals surface area (Å²) in [4.78, 5) is 14.3. The van der Waals surface area contributed by atoms with E-state index in [2.05, 4.69) is 63.7 Å². The number of benzene rings is 2. The van der Waals surface area contributed by atoms with Crippen LogP contribution in [-0.2, 0) is 6.61 Å². The Morgan fingerprint density at radius 2 is 1.63 bits per heavy atom. The van der Waals surface area contributed by atoms with E-state index >= 15 is 0 Å². The molecule has 2 fully saturated rings. The molecule has 198 valence electrons. The Bertz CT molecular complexity index is 1380. The van der Waals surface area contributed by atoms with Crippen molar-refractivity contribution >= 4 is 16.9 Å². The monoisotopic (exact) mass is 510 g/mol. The van der Waals surface area contributed by atoms with Crippen molar-refractivity contribution in [3.8, 4) is 16.9 Å². The molecular formula is C31H38N6O. The number of hydrogen-bond acceptors (Lipinski definition) is 6. The molecule has 6 rings (SSSR count). The maximum atomic E-state index is 6.50. The number of fused-ring (bicyclic) bond motifs is 1. The Labute approximate surface area is 225 Å². The lowest BCUT2D eigenvalue weighted by atomic mass is 9.89. The van der Waals surface area contributed by atoms with Gasteiger partial charge in [0, 0.05) is 49.5 Å². The fourth-order valence-corrected chi connectivity index (χ4v) is 6.42. The van der Waals surface area contributed by atoms with E-state index in [4.69, 9.17) is 15.5 Å². The van der Waals surface area contributed by atoms with Gasteiger partial charge in [-0.3, -0.25) is 4.90 Å². The molecule has 38 heavy (non-hydrogen) atoms. The van der Waals surface area contributed by atoms with Crippen LogP contribution >= 0.6 is 0 Å². The molecular weight excluding hydrogens is 472 g/mol. The highest BCUT2D eigenvalue weighted by Gasteiger charge is 2.31. The molecule has 0 radical (unpaired) electrons. The average molecular weight is 511 g/mol. The van der Waals surface area contributed by atoms with Gasteiger partial charge in [0.15, 0.2) is 0 Å². The summed E-state index contributed by atoms with van der Waals surface area (Å²) in [6.07, 6.45) is 6.38. The van der Waals surface area contributed by atoms with Crippen molar-refractivity contribution in [2.75, 3.05) is 39.0 Å². The summed E-state index contributed by atoms with van der Waals surface area (Å²) in [5.41, 5.74) is 12.0. The average Bonchev–Trinajstić information content (AvgIpc) is 3.26. The molecule has 4 aromatic rings.